The number of hydrogen-bond donors (Lipinski definition) is 1. The van der Waals surface area contributed by atoms with E-state index in [-0.39, 0.29) is 5.91 Å². The van der Waals surface area contributed by atoms with E-state index in [0.29, 0.717) is 32.8 Å². The third-order valence-corrected chi connectivity index (χ3v) is 3.62. The summed E-state index contributed by atoms with van der Waals surface area (Å²) >= 11 is 0. The number of hydrogen-bond acceptors (Lipinski definition) is 4. The van der Waals surface area contributed by atoms with Crippen molar-refractivity contribution in [2.75, 3.05) is 47.1 Å². The third kappa shape index (κ3) is 4.55. The summed E-state index contributed by atoms with van der Waals surface area (Å²) in [6.45, 7) is 6.64. The van der Waals surface area contributed by atoms with Crippen LogP contribution in [0.3, 0.4) is 0 Å². The Morgan fingerprint density at radius 2 is 1.56 bits per heavy atom. The molecule has 0 aromatic heterocycles. The maximum Gasteiger partial charge on any atom is 0.230 e. The molecular weight excluding hydrogens is 232 g/mol. The van der Waals surface area contributed by atoms with Crippen LogP contribution in [0.1, 0.15) is 26.7 Å². The Balaban J connectivity index is 4.78. The van der Waals surface area contributed by atoms with Crippen molar-refractivity contribution in [3.63, 3.8) is 0 Å². The van der Waals surface area contributed by atoms with Gasteiger partial charge in [0.15, 0.2) is 0 Å². The van der Waals surface area contributed by atoms with E-state index in [1.807, 2.05) is 13.8 Å². The van der Waals surface area contributed by atoms with Crippen LogP contribution < -0.4 is 5.73 Å². The maximum atomic E-state index is 12.6. The van der Waals surface area contributed by atoms with Crippen molar-refractivity contribution in [1.82, 2.24) is 4.90 Å². The summed E-state index contributed by atoms with van der Waals surface area (Å²) in [5, 5.41) is 0. The summed E-state index contributed by atoms with van der Waals surface area (Å²) in [7, 11) is 3.27. The van der Waals surface area contributed by atoms with Crippen molar-refractivity contribution < 1.29 is 14.3 Å². The van der Waals surface area contributed by atoms with Gasteiger partial charge in [-0.25, -0.2) is 0 Å². The predicted molar refractivity (Wildman–Crippen MR) is 72.4 cm³/mol. The molecule has 5 nitrogen and oxygen atoms in total. The van der Waals surface area contributed by atoms with E-state index in [2.05, 4.69) is 0 Å². The first-order valence-electron chi connectivity index (χ1n) is 6.59. The molecule has 5 heteroatoms. The van der Waals surface area contributed by atoms with E-state index < -0.39 is 5.41 Å². The topological polar surface area (TPSA) is 64.8 Å². The van der Waals surface area contributed by atoms with Crippen molar-refractivity contribution in [1.29, 1.82) is 0 Å². The average molecular weight is 260 g/mol. The Morgan fingerprint density at radius 3 is 1.83 bits per heavy atom. The molecule has 0 radical (unpaired) electrons. The fourth-order valence-corrected chi connectivity index (χ4v) is 1.98. The average Bonchev–Trinajstić information content (AvgIpc) is 2.41. The maximum absolute atomic E-state index is 12.6. The normalized spacial score (nSPS) is 11.6. The van der Waals surface area contributed by atoms with E-state index in [1.165, 1.54) is 0 Å². The van der Waals surface area contributed by atoms with Crippen LogP contribution in [0.2, 0.25) is 0 Å². The number of nitrogens with two attached hydrogens (primary N) is 1. The zero-order valence-corrected chi connectivity index (χ0v) is 12.2. The summed E-state index contributed by atoms with van der Waals surface area (Å²) in [5.41, 5.74) is 5.37. The highest BCUT2D eigenvalue weighted by molar-refractivity contribution is 5.83. The molecule has 1 amide bonds. The molecule has 2 N–H and O–H groups in total. The minimum Gasteiger partial charge on any atom is -0.383 e. The minimum atomic E-state index is -0.443. The monoisotopic (exact) mass is 260 g/mol. The van der Waals surface area contributed by atoms with E-state index in [4.69, 9.17) is 15.2 Å². The van der Waals surface area contributed by atoms with Gasteiger partial charge in [0, 0.05) is 33.9 Å². The molecule has 0 aliphatic heterocycles. The summed E-state index contributed by atoms with van der Waals surface area (Å²) in [5.74, 6) is 0.115. The lowest BCUT2D eigenvalue weighted by molar-refractivity contribution is -0.143. The number of methoxy groups -OCH3 is 2. The largest absolute Gasteiger partial charge is 0.383 e. The SMILES string of the molecule is CCC(CC)(CN)C(=O)N(CCOC)CCOC. The van der Waals surface area contributed by atoms with Gasteiger partial charge in [0.25, 0.3) is 0 Å². The van der Waals surface area contributed by atoms with E-state index >= 15 is 0 Å². The van der Waals surface area contributed by atoms with Gasteiger partial charge < -0.3 is 20.1 Å². The number of amides is 1. The second-order valence-electron chi connectivity index (χ2n) is 4.47. The number of ether oxygens (including phenoxy) is 2. The van der Waals surface area contributed by atoms with Crippen molar-refractivity contribution in [3.05, 3.63) is 0 Å². The molecule has 0 rings (SSSR count). The Bertz CT molecular complexity index is 214. The van der Waals surface area contributed by atoms with Crippen molar-refractivity contribution in [3.8, 4) is 0 Å². The summed E-state index contributed by atoms with van der Waals surface area (Å²) < 4.78 is 10.1. The summed E-state index contributed by atoms with van der Waals surface area (Å²) in [6.07, 6.45) is 1.52. The van der Waals surface area contributed by atoms with Gasteiger partial charge in [-0.3, -0.25) is 4.79 Å². The highest BCUT2D eigenvalue weighted by Gasteiger charge is 2.36. The zero-order valence-electron chi connectivity index (χ0n) is 12.2. The van der Waals surface area contributed by atoms with Crippen molar-refractivity contribution in [2.45, 2.75) is 26.7 Å². The van der Waals surface area contributed by atoms with E-state index in [0.717, 1.165) is 12.8 Å². The van der Waals surface area contributed by atoms with Gasteiger partial charge in [-0.2, -0.15) is 0 Å². The number of carbonyl (C=O) groups excluding carboxylic acids is 1. The molecule has 0 aromatic carbocycles. The second-order valence-corrected chi connectivity index (χ2v) is 4.47. The van der Waals surface area contributed by atoms with Gasteiger partial charge in [0.2, 0.25) is 5.91 Å². The number of carbonyl (C=O) groups is 1. The summed E-state index contributed by atoms with van der Waals surface area (Å²) in [4.78, 5) is 14.4. The standard InChI is InChI=1S/C13H28N2O3/c1-5-13(6-2,11-14)12(16)15(7-9-17-3)8-10-18-4/h5-11,14H2,1-4H3. The van der Waals surface area contributed by atoms with Crippen LogP contribution >= 0.6 is 0 Å². The summed E-state index contributed by atoms with van der Waals surface area (Å²) in [6, 6.07) is 0. The zero-order chi connectivity index (χ0) is 14.0. The number of nitrogens with zero attached hydrogens (tertiary/aromatic N) is 1. The molecule has 0 aliphatic rings. The van der Waals surface area contributed by atoms with Crippen LogP contribution in [-0.2, 0) is 14.3 Å². The fraction of sp³-hybridized carbons (Fsp3) is 0.923. The lowest BCUT2D eigenvalue weighted by Gasteiger charge is -2.35. The van der Waals surface area contributed by atoms with Crippen LogP contribution in [0.15, 0.2) is 0 Å². The first-order valence-corrected chi connectivity index (χ1v) is 6.59. The van der Waals surface area contributed by atoms with Crippen LogP contribution in [0.25, 0.3) is 0 Å². The smallest absolute Gasteiger partial charge is 0.230 e. The van der Waals surface area contributed by atoms with Crippen LogP contribution in [0.5, 0.6) is 0 Å². The predicted octanol–water partition coefficient (Wildman–Crippen LogP) is 0.873. The van der Waals surface area contributed by atoms with Gasteiger partial charge in [0.1, 0.15) is 0 Å². The lowest BCUT2D eigenvalue weighted by Crippen LogP contribution is -2.49. The first kappa shape index (κ1) is 17.4. The quantitative estimate of drug-likeness (QED) is 0.633. The molecule has 0 spiro atoms. The van der Waals surface area contributed by atoms with Crippen LogP contribution in [0.4, 0.5) is 0 Å². The molecule has 18 heavy (non-hydrogen) atoms. The lowest BCUT2D eigenvalue weighted by atomic mass is 9.81. The van der Waals surface area contributed by atoms with Gasteiger partial charge in [0.05, 0.1) is 18.6 Å². The molecule has 108 valence electrons. The van der Waals surface area contributed by atoms with Crippen LogP contribution in [0, 0.1) is 5.41 Å². The van der Waals surface area contributed by atoms with Crippen molar-refractivity contribution in [2.24, 2.45) is 11.1 Å². The van der Waals surface area contributed by atoms with Crippen molar-refractivity contribution >= 4 is 5.91 Å². The van der Waals surface area contributed by atoms with Gasteiger partial charge in [-0.15, -0.1) is 0 Å². The molecule has 0 aromatic rings. The Hall–Kier alpha value is -0.650. The highest BCUT2D eigenvalue weighted by Crippen LogP contribution is 2.27. The third-order valence-electron chi connectivity index (χ3n) is 3.62. The van der Waals surface area contributed by atoms with Gasteiger partial charge in [-0.1, -0.05) is 13.8 Å². The fourth-order valence-electron chi connectivity index (χ4n) is 1.98. The molecule has 0 heterocycles. The van der Waals surface area contributed by atoms with Gasteiger partial charge in [-0.05, 0) is 12.8 Å². The van der Waals surface area contributed by atoms with E-state index in [9.17, 15) is 4.79 Å². The molecule has 0 atom stereocenters. The molecule has 0 saturated carbocycles. The molecule has 0 bridgehead atoms. The Morgan fingerprint density at radius 1 is 1.11 bits per heavy atom. The molecule has 0 fully saturated rings. The first-order chi connectivity index (χ1) is 8.61. The van der Waals surface area contributed by atoms with E-state index in [1.54, 1.807) is 19.1 Å². The molecular formula is C13H28N2O3. The molecule has 0 unspecified atom stereocenters. The number of rotatable bonds is 10. The Labute approximate surface area is 111 Å². The second kappa shape index (κ2) is 9.30. The highest BCUT2D eigenvalue weighted by atomic mass is 16.5. The minimum absolute atomic E-state index is 0.115. The van der Waals surface area contributed by atoms with Gasteiger partial charge >= 0.3 is 0 Å². The van der Waals surface area contributed by atoms with Crippen LogP contribution in [-0.4, -0.2) is 57.9 Å². The molecule has 0 saturated heterocycles. The molecule has 0 aliphatic carbocycles. The Kier molecular flexibility index (Phi) is 8.97.